The Hall–Kier alpha value is -2.37. The van der Waals surface area contributed by atoms with E-state index in [1.54, 1.807) is 20.0 Å². The number of carbonyl (C=O) groups excluding carboxylic acids is 1. The number of carboxylic acids is 1. The van der Waals surface area contributed by atoms with Gasteiger partial charge in [0.25, 0.3) is 0 Å². The van der Waals surface area contributed by atoms with E-state index in [1.165, 1.54) is 23.8 Å². The summed E-state index contributed by atoms with van der Waals surface area (Å²) in [6.45, 7) is 4.92. The molecule has 2 rings (SSSR count). The van der Waals surface area contributed by atoms with Gasteiger partial charge in [0.2, 0.25) is 5.89 Å². The first-order chi connectivity index (χ1) is 8.90. The monoisotopic (exact) mass is 262 g/mol. The molecule has 0 saturated heterocycles. The van der Waals surface area contributed by atoms with E-state index in [0.29, 0.717) is 17.2 Å². The van der Waals surface area contributed by atoms with Gasteiger partial charge in [0, 0.05) is 11.8 Å². The van der Waals surface area contributed by atoms with Gasteiger partial charge in [-0.25, -0.2) is 9.78 Å². The van der Waals surface area contributed by atoms with Gasteiger partial charge in [0.05, 0.1) is 6.20 Å². The number of carbonyl (C=O) groups is 2. The number of oxazole rings is 1. The third-order valence-electron chi connectivity index (χ3n) is 2.89. The first-order valence-electron chi connectivity index (χ1n) is 5.78. The molecule has 0 fully saturated rings. The van der Waals surface area contributed by atoms with Crippen LogP contribution in [0, 0.1) is 6.92 Å². The third kappa shape index (κ3) is 2.42. The number of aromatic nitrogens is 2. The molecule has 0 amide bonds. The lowest BCUT2D eigenvalue weighted by molar-refractivity contribution is 0.0683. The maximum Gasteiger partial charge on any atom is 0.352 e. The fourth-order valence-corrected chi connectivity index (χ4v) is 1.85. The molecule has 1 atom stereocenters. The molecule has 6 nitrogen and oxygen atoms in total. The number of rotatable bonds is 4. The zero-order valence-corrected chi connectivity index (χ0v) is 10.9. The zero-order valence-electron chi connectivity index (χ0n) is 10.9. The third-order valence-corrected chi connectivity index (χ3v) is 2.89. The fourth-order valence-electron chi connectivity index (χ4n) is 1.85. The number of hydrogen-bond donors (Lipinski definition) is 1. The van der Waals surface area contributed by atoms with Crippen LogP contribution in [0.4, 0.5) is 0 Å². The van der Waals surface area contributed by atoms with Crippen LogP contribution in [-0.4, -0.2) is 26.4 Å². The molecule has 0 aliphatic rings. The number of nitrogens with zero attached hydrogens (tertiary/aromatic N) is 2. The van der Waals surface area contributed by atoms with Gasteiger partial charge in [-0.1, -0.05) is 0 Å². The summed E-state index contributed by atoms with van der Waals surface area (Å²) in [4.78, 5) is 26.6. The topological polar surface area (TPSA) is 85.3 Å². The van der Waals surface area contributed by atoms with Crippen molar-refractivity contribution in [1.82, 2.24) is 9.55 Å². The summed E-state index contributed by atoms with van der Waals surface area (Å²) in [5.74, 6) is -0.219. The smallest absolute Gasteiger partial charge is 0.352 e. The Morgan fingerprint density at radius 1 is 1.47 bits per heavy atom. The standard InChI is InChI=1S/C13H14N2O4/c1-7-5-14-12(19-7)8(2)15-6-10(9(3)16)4-11(15)13(17)18/h4-6,8H,1-3H3,(H,17,18). The quantitative estimate of drug-likeness (QED) is 0.854. The van der Waals surface area contributed by atoms with E-state index < -0.39 is 12.0 Å². The number of Topliss-reactive ketones (excluding diaryl/α,β-unsaturated/α-hetero) is 1. The molecule has 1 N–H and O–H groups in total. The summed E-state index contributed by atoms with van der Waals surface area (Å²) < 4.78 is 6.87. The molecule has 1 unspecified atom stereocenters. The molecular weight excluding hydrogens is 248 g/mol. The Bertz CT molecular complexity index is 639. The predicted octanol–water partition coefficient (Wildman–Crippen LogP) is 2.29. The second-order valence-electron chi connectivity index (χ2n) is 4.37. The highest BCUT2D eigenvalue weighted by Crippen LogP contribution is 2.22. The van der Waals surface area contributed by atoms with Gasteiger partial charge in [-0.2, -0.15) is 0 Å². The summed E-state index contributed by atoms with van der Waals surface area (Å²) in [6.07, 6.45) is 3.08. The highest BCUT2D eigenvalue weighted by molar-refractivity contribution is 5.97. The second kappa shape index (κ2) is 4.72. The molecule has 0 bridgehead atoms. The summed E-state index contributed by atoms with van der Waals surface area (Å²) in [5, 5.41) is 9.18. The van der Waals surface area contributed by atoms with Crippen molar-refractivity contribution in [3.63, 3.8) is 0 Å². The van der Waals surface area contributed by atoms with Crippen molar-refractivity contribution >= 4 is 11.8 Å². The van der Waals surface area contributed by atoms with Crippen LogP contribution in [0.2, 0.25) is 0 Å². The van der Waals surface area contributed by atoms with Gasteiger partial charge in [0.15, 0.2) is 5.78 Å². The van der Waals surface area contributed by atoms with Crippen molar-refractivity contribution < 1.29 is 19.1 Å². The minimum absolute atomic E-state index is 0.0357. The Morgan fingerprint density at radius 2 is 2.16 bits per heavy atom. The van der Waals surface area contributed by atoms with Crippen LogP contribution in [-0.2, 0) is 0 Å². The normalized spacial score (nSPS) is 12.4. The van der Waals surface area contributed by atoms with Gasteiger partial charge in [-0.3, -0.25) is 4.79 Å². The highest BCUT2D eigenvalue weighted by atomic mass is 16.4. The Morgan fingerprint density at radius 3 is 2.63 bits per heavy atom. The van der Waals surface area contributed by atoms with E-state index in [0.717, 1.165) is 0 Å². The second-order valence-corrected chi connectivity index (χ2v) is 4.37. The first-order valence-corrected chi connectivity index (χ1v) is 5.78. The molecular formula is C13H14N2O4. The number of ketones is 1. The van der Waals surface area contributed by atoms with Crippen molar-refractivity contribution in [1.29, 1.82) is 0 Å². The van der Waals surface area contributed by atoms with Crippen LogP contribution in [0.5, 0.6) is 0 Å². The fraction of sp³-hybridized carbons (Fsp3) is 0.308. The van der Waals surface area contributed by atoms with Gasteiger partial charge in [-0.05, 0) is 26.8 Å². The van der Waals surface area contributed by atoms with Crippen molar-refractivity contribution in [3.8, 4) is 0 Å². The van der Waals surface area contributed by atoms with Crippen LogP contribution >= 0.6 is 0 Å². The number of aromatic carboxylic acids is 1. The summed E-state index contributed by atoms with van der Waals surface area (Å²) >= 11 is 0. The van der Waals surface area contributed by atoms with Gasteiger partial charge in [-0.15, -0.1) is 0 Å². The summed E-state index contributed by atoms with van der Waals surface area (Å²) in [6, 6.07) is 0.963. The van der Waals surface area contributed by atoms with E-state index in [2.05, 4.69) is 4.98 Å². The number of hydrogen-bond acceptors (Lipinski definition) is 4. The van der Waals surface area contributed by atoms with E-state index in [4.69, 9.17) is 4.42 Å². The number of carboxylic acid groups (broad SMARTS) is 1. The molecule has 2 heterocycles. The van der Waals surface area contributed by atoms with Crippen molar-refractivity contribution in [2.24, 2.45) is 0 Å². The molecule has 6 heteroatoms. The van der Waals surface area contributed by atoms with Crippen LogP contribution < -0.4 is 0 Å². The maximum atomic E-state index is 11.4. The lowest BCUT2D eigenvalue weighted by Crippen LogP contribution is -2.13. The van der Waals surface area contributed by atoms with E-state index in [9.17, 15) is 14.7 Å². The Labute approximate surface area is 109 Å². The predicted molar refractivity (Wildman–Crippen MR) is 66.4 cm³/mol. The molecule has 0 aliphatic heterocycles. The highest BCUT2D eigenvalue weighted by Gasteiger charge is 2.21. The maximum absolute atomic E-state index is 11.4. The summed E-state index contributed by atoms with van der Waals surface area (Å²) in [7, 11) is 0. The van der Waals surface area contributed by atoms with E-state index in [1.807, 2.05) is 0 Å². The molecule has 19 heavy (non-hydrogen) atoms. The first kappa shape index (κ1) is 13.1. The minimum atomic E-state index is -1.09. The van der Waals surface area contributed by atoms with E-state index in [-0.39, 0.29) is 11.5 Å². The van der Waals surface area contributed by atoms with Gasteiger partial charge >= 0.3 is 5.97 Å². The van der Waals surface area contributed by atoms with Crippen LogP contribution in [0.3, 0.4) is 0 Å². The Kier molecular flexibility index (Phi) is 3.25. The molecule has 0 radical (unpaired) electrons. The molecule has 2 aromatic rings. The number of aryl methyl sites for hydroxylation is 1. The zero-order chi connectivity index (χ0) is 14.2. The van der Waals surface area contributed by atoms with E-state index >= 15 is 0 Å². The minimum Gasteiger partial charge on any atom is -0.477 e. The molecule has 0 aromatic carbocycles. The van der Waals surface area contributed by atoms with Crippen LogP contribution in [0.15, 0.2) is 22.9 Å². The average Bonchev–Trinajstić information content (AvgIpc) is 2.93. The van der Waals surface area contributed by atoms with Gasteiger partial charge in [0.1, 0.15) is 17.5 Å². The van der Waals surface area contributed by atoms with Crippen molar-refractivity contribution in [3.05, 3.63) is 41.4 Å². The molecule has 2 aromatic heterocycles. The van der Waals surface area contributed by atoms with Gasteiger partial charge < -0.3 is 14.1 Å². The largest absolute Gasteiger partial charge is 0.477 e. The van der Waals surface area contributed by atoms with Crippen molar-refractivity contribution in [2.75, 3.05) is 0 Å². The lowest BCUT2D eigenvalue weighted by atomic mass is 10.2. The summed E-state index contributed by atoms with van der Waals surface area (Å²) in [5.41, 5.74) is 0.390. The van der Waals surface area contributed by atoms with Crippen LogP contribution in [0.1, 0.15) is 52.4 Å². The lowest BCUT2D eigenvalue weighted by Gasteiger charge is -2.12. The average molecular weight is 262 g/mol. The molecule has 100 valence electrons. The van der Waals surface area contributed by atoms with Crippen molar-refractivity contribution in [2.45, 2.75) is 26.8 Å². The molecule has 0 spiro atoms. The Balaban J connectivity index is 2.48. The molecule has 0 aliphatic carbocycles. The SMILES string of the molecule is CC(=O)c1cc(C(=O)O)n(C(C)c2ncc(C)o2)c1. The molecule has 0 saturated carbocycles. The van der Waals surface area contributed by atoms with Crippen LogP contribution in [0.25, 0.3) is 0 Å².